The Labute approximate surface area is 62.2 Å². The van der Waals surface area contributed by atoms with E-state index in [2.05, 4.69) is 13.8 Å². The fraction of sp³-hybridized carbons (Fsp3) is 1.00. The van der Waals surface area contributed by atoms with E-state index in [4.69, 9.17) is 4.74 Å². The van der Waals surface area contributed by atoms with Crippen LogP contribution in [-0.4, -0.2) is 24.4 Å². The molecule has 0 unspecified atom stereocenters. The van der Waals surface area contributed by atoms with Gasteiger partial charge in [0.05, 0.1) is 12.2 Å². The van der Waals surface area contributed by atoms with E-state index in [1.54, 1.807) is 7.11 Å². The van der Waals surface area contributed by atoms with Gasteiger partial charge >= 0.3 is 0 Å². The quantitative estimate of drug-likeness (QED) is 0.630. The second kappa shape index (κ2) is 2.21. The van der Waals surface area contributed by atoms with E-state index in [-0.39, 0.29) is 0 Å². The fourth-order valence-corrected chi connectivity index (χ4v) is 2.10. The topological polar surface area (TPSA) is 29.5 Å². The minimum atomic E-state index is -0.516. The maximum Gasteiger partial charge on any atom is 0.0890 e. The van der Waals surface area contributed by atoms with Crippen molar-refractivity contribution in [3.05, 3.63) is 0 Å². The van der Waals surface area contributed by atoms with E-state index in [9.17, 15) is 5.11 Å². The number of ether oxygens (including phenoxy) is 1. The van der Waals surface area contributed by atoms with Gasteiger partial charge in [-0.2, -0.15) is 0 Å². The summed E-state index contributed by atoms with van der Waals surface area (Å²) in [7, 11) is 1.63. The Morgan fingerprint density at radius 1 is 1.40 bits per heavy atom. The Balaban J connectivity index is 2.34. The molecule has 1 aliphatic carbocycles. The third-order valence-electron chi connectivity index (χ3n) is 2.03. The lowest BCUT2D eigenvalue weighted by Gasteiger charge is -2.49. The zero-order valence-corrected chi connectivity index (χ0v) is 6.98. The molecule has 1 saturated carbocycles. The van der Waals surface area contributed by atoms with Crippen LogP contribution in [-0.2, 0) is 4.74 Å². The molecule has 0 radical (unpaired) electrons. The van der Waals surface area contributed by atoms with Crippen molar-refractivity contribution in [2.24, 2.45) is 5.41 Å². The van der Waals surface area contributed by atoms with Gasteiger partial charge in [0.2, 0.25) is 0 Å². The number of aliphatic hydroxyl groups is 1. The molecular weight excluding hydrogens is 128 g/mol. The maximum atomic E-state index is 9.62. The molecule has 0 aliphatic heterocycles. The van der Waals surface area contributed by atoms with E-state index in [1.807, 2.05) is 0 Å². The third kappa shape index (κ3) is 1.50. The molecule has 1 rings (SSSR count). The molecule has 0 aromatic heterocycles. The van der Waals surface area contributed by atoms with Gasteiger partial charge in [0.1, 0.15) is 0 Å². The first-order valence-electron chi connectivity index (χ1n) is 3.69. The SMILES string of the molecule is COCC1(O)CC(C)(C)C1. The Morgan fingerprint density at radius 3 is 2.20 bits per heavy atom. The van der Waals surface area contributed by atoms with Crippen molar-refractivity contribution >= 4 is 0 Å². The van der Waals surface area contributed by atoms with E-state index in [0.717, 1.165) is 12.8 Å². The van der Waals surface area contributed by atoms with Crippen LogP contribution in [0.5, 0.6) is 0 Å². The van der Waals surface area contributed by atoms with Crippen LogP contribution >= 0.6 is 0 Å². The second-order valence-corrected chi connectivity index (χ2v) is 4.18. The molecule has 1 N–H and O–H groups in total. The van der Waals surface area contributed by atoms with Gasteiger partial charge in [-0.3, -0.25) is 0 Å². The predicted octanol–water partition coefficient (Wildman–Crippen LogP) is 1.18. The van der Waals surface area contributed by atoms with E-state index < -0.39 is 5.60 Å². The van der Waals surface area contributed by atoms with Crippen LogP contribution < -0.4 is 0 Å². The zero-order valence-electron chi connectivity index (χ0n) is 6.98. The number of methoxy groups -OCH3 is 1. The van der Waals surface area contributed by atoms with E-state index in [1.165, 1.54) is 0 Å². The average Bonchev–Trinajstić information content (AvgIpc) is 1.58. The number of rotatable bonds is 2. The molecule has 0 bridgehead atoms. The Kier molecular flexibility index (Phi) is 1.77. The second-order valence-electron chi connectivity index (χ2n) is 4.18. The Morgan fingerprint density at radius 2 is 1.90 bits per heavy atom. The standard InChI is InChI=1S/C8H16O2/c1-7(2)4-8(9,5-7)6-10-3/h9H,4-6H2,1-3H3. The van der Waals surface area contributed by atoms with Gasteiger partial charge in [0, 0.05) is 7.11 Å². The fourth-order valence-electron chi connectivity index (χ4n) is 2.10. The Bertz CT molecular complexity index is 121. The Hall–Kier alpha value is -0.0800. The van der Waals surface area contributed by atoms with Crippen molar-refractivity contribution in [1.82, 2.24) is 0 Å². The first-order chi connectivity index (χ1) is 4.47. The van der Waals surface area contributed by atoms with Gasteiger partial charge < -0.3 is 9.84 Å². The lowest BCUT2D eigenvalue weighted by molar-refractivity contribution is -0.146. The molecule has 0 saturated heterocycles. The van der Waals surface area contributed by atoms with Crippen molar-refractivity contribution < 1.29 is 9.84 Å². The third-order valence-corrected chi connectivity index (χ3v) is 2.03. The molecule has 2 heteroatoms. The molecule has 1 fully saturated rings. The highest BCUT2D eigenvalue weighted by atomic mass is 16.5. The van der Waals surface area contributed by atoms with Crippen molar-refractivity contribution in [1.29, 1.82) is 0 Å². The predicted molar refractivity (Wildman–Crippen MR) is 39.8 cm³/mol. The van der Waals surface area contributed by atoms with Gasteiger partial charge in [0.15, 0.2) is 0 Å². The minimum Gasteiger partial charge on any atom is -0.387 e. The van der Waals surface area contributed by atoms with Gasteiger partial charge in [-0.15, -0.1) is 0 Å². The van der Waals surface area contributed by atoms with Crippen LogP contribution in [0.15, 0.2) is 0 Å². The number of hydrogen-bond acceptors (Lipinski definition) is 2. The van der Waals surface area contributed by atoms with Crippen LogP contribution in [0.25, 0.3) is 0 Å². The van der Waals surface area contributed by atoms with Gasteiger partial charge in [-0.05, 0) is 18.3 Å². The molecule has 2 nitrogen and oxygen atoms in total. The molecule has 0 aromatic rings. The average molecular weight is 144 g/mol. The molecule has 0 aromatic carbocycles. The van der Waals surface area contributed by atoms with Crippen molar-refractivity contribution in [2.75, 3.05) is 13.7 Å². The summed E-state index contributed by atoms with van der Waals surface area (Å²) in [6, 6.07) is 0. The highest BCUT2D eigenvalue weighted by Crippen LogP contribution is 2.47. The van der Waals surface area contributed by atoms with Crippen LogP contribution in [0.2, 0.25) is 0 Å². The summed E-state index contributed by atoms with van der Waals surface area (Å²) in [6.07, 6.45) is 1.74. The summed E-state index contributed by atoms with van der Waals surface area (Å²) in [4.78, 5) is 0. The summed E-state index contributed by atoms with van der Waals surface area (Å²) in [5.41, 5.74) is -0.189. The van der Waals surface area contributed by atoms with Gasteiger partial charge in [0.25, 0.3) is 0 Å². The van der Waals surface area contributed by atoms with Crippen LogP contribution in [0.4, 0.5) is 0 Å². The van der Waals surface area contributed by atoms with Crippen LogP contribution in [0.3, 0.4) is 0 Å². The number of hydrogen-bond donors (Lipinski definition) is 1. The summed E-state index contributed by atoms with van der Waals surface area (Å²) in [5.74, 6) is 0. The summed E-state index contributed by atoms with van der Waals surface area (Å²) < 4.78 is 4.89. The summed E-state index contributed by atoms with van der Waals surface area (Å²) in [6.45, 7) is 4.81. The van der Waals surface area contributed by atoms with Crippen molar-refractivity contribution in [2.45, 2.75) is 32.3 Å². The molecule has 10 heavy (non-hydrogen) atoms. The highest BCUT2D eigenvalue weighted by Gasteiger charge is 2.47. The highest BCUT2D eigenvalue weighted by molar-refractivity contribution is 4.99. The monoisotopic (exact) mass is 144 g/mol. The molecule has 0 atom stereocenters. The first kappa shape index (κ1) is 8.02. The lowest BCUT2D eigenvalue weighted by Crippen LogP contribution is -2.51. The van der Waals surface area contributed by atoms with E-state index in [0.29, 0.717) is 12.0 Å². The molecule has 1 aliphatic rings. The molecular formula is C8H16O2. The van der Waals surface area contributed by atoms with E-state index >= 15 is 0 Å². The van der Waals surface area contributed by atoms with Gasteiger partial charge in [-0.1, -0.05) is 13.8 Å². The van der Waals surface area contributed by atoms with Crippen LogP contribution in [0.1, 0.15) is 26.7 Å². The molecule has 0 heterocycles. The normalized spacial score (nSPS) is 27.6. The largest absolute Gasteiger partial charge is 0.387 e. The smallest absolute Gasteiger partial charge is 0.0890 e. The van der Waals surface area contributed by atoms with Crippen LogP contribution in [0, 0.1) is 5.41 Å². The summed E-state index contributed by atoms with van der Waals surface area (Å²) in [5, 5.41) is 9.62. The summed E-state index contributed by atoms with van der Waals surface area (Å²) >= 11 is 0. The molecule has 60 valence electrons. The zero-order chi connectivity index (χ0) is 7.83. The van der Waals surface area contributed by atoms with Gasteiger partial charge in [-0.25, -0.2) is 0 Å². The van der Waals surface area contributed by atoms with Crippen molar-refractivity contribution in [3.63, 3.8) is 0 Å². The molecule has 0 spiro atoms. The first-order valence-corrected chi connectivity index (χ1v) is 3.69. The van der Waals surface area contributed by atoms with Crippen molar-refractivity contribution in [3.8, 4) is 0 Å². The maximum absolute atomic E-state index is 9.62. The molecule has 0 amide bonds. The minimum absolute atomic E-state index is 0.327. The lowest BCUT2D eigenvalue weighted by atomic mass is 9.62.